The molecule has 0 fully saturated rings. The van der Waals surface area contributed by atoms with Crippen LogP contribution in [0.3, 0.4) is 0 Å². The smallest absolute Gasteiger partial charge is 0.313 e. The number of hydrogen-bond acceptors (Lipinski definition) is 4. The Labute approximate surface area is 185 Å². The molecule has 2 heterocycles. The highest BCUT2D eigenvalue weighted by molar-refractivity contribution is 7.98. The zero-order chi connectivity index (χ0) is 22.0. The number of aryl methyl sites for hydroxylation is 2. The zero-order valence-electron chi connectivity index (χ0n) is 18.3. The summed E-state index contributed by atoms with van der Waals surface area (Å²) >= 11 is 1.62. The molecule has 2 aromatic carbocycles. The van der Waals surface area contributed by atoms with Crippen LogP contribution in [0.4, 0.5) is 0 Å². The Balaban J connectivity index is 1.70. The van der Waals surface area contributed by atoms with Gasteiger partial charge in [-0.2, -0.15) is 0 Å². The van der Waals surface area contributed by atoms with Crippen LogP contribution in [-0.4, -0.2) is 18.7 Å². The van der Waals surface area contributed by atoms with Crippen molar-refractivity contribution >= 4 is 33.7 Å². The van der Waals surface area contributed by atoms with Crippen LogP contribution in [0, 0.1) is 0 Å². The summed E-state index contributed by atoms with van der Waals surface area (Å²) < 4.78 is 4.65. The molecule has 6 nitrogen and oxygen atoms in total. The van der Waals surface area contributed by atoms with Crippen LogP contribution in [0.5, 0.6) is 0 Å². The van der Waals surface area contributed by atoms with Crippen molar-refractivity contribution < 1.29 is 0 Å². The van der Waals surface area contributed by atoms with Crippen LogP contribution in [0.2, 0.25) is 0 Å². The maximum absolute atomic E-state index is 12.9. The molecule has 0 saturated carbocycles. The first-order valence-electron chi connectivity index (χ1n) is 10.8. The van der Waals surface area contributed by atoms with E-state index < -0.39 is 0 Å². The molecule has 4 aromatic rings. The molecule has 0 spiro atoms. The normalized spacial score (nSPS) is 11.6. The van der Waals surface area contributed by atoms with Gasteiger partial charge in [0.25, 0.3) is 5.56 Å². The summed E-state index contributed by atoms with van der Waals surface area (Å²) in [6.07, 6.45) is 4.42. The van der Waals surface area contributed by atoms with Crippen LogP contribution >= 0.6 is 11.8 Å². The lowest BCUT2D eigenvalue weighted by atomic mass is 10.1. The highest BCUT2D eigenvalue weighted by Crippen LogP contribution is 2.27. The fourth-order valence-electron chi connectivity index (χ4n) is 3.92. The molecule has 0 unspecified atom stereocenters. The molecule has 0 N–H and O–H groups in total. The third kappa shape index (κ3) is 4.19. The first-order valence-corrected chi connectivity index (χ1v) is 11.8. The second kappa shape index (κ2) is 9.14. The number of benzene rings is 2. The number of nitrogens with zero attached hydrogens (tertiary/aromatic N) is 4. The van der Waals surface area contributed by atoms with Crippen LogP contribution in [0.25, 0.3) is 21.9 Å². The number of aromatic nitrogens is 4. The van der Waals surface area contributed by atoms with Gasteiger partial charge in [0.15, 0.2) is 16.3 Å². The number of thioether (sulfide) groups is 1. The van der Waals surface area contributed by atoms with Crippen LogP contribution < -0.4 is 11.2 Å². The zero-order valence-corrected chi connectivity index (χ0v) is 19.1. The molecule has 0 atom stereocenters. The number of unbranched alkanes of at least 4 members (excludes halogenated alkanes) is 3. The summed E-state index contributed by atoms with van der Waals surface area (Å²) in [5, 5.41) is 3.22. The highest BCUT2D eigenvalue weighted by Gasteiger charge is 2.19. The molecule has 0 amide bonds. The van der Waals surface area contributed by atoms with Gasteiger partial charge in [0.05, 0.1) is 0 Å². The molecule has 7 heteroatoms. The predicted molar refractivity (Wildman–Crippen MR) is 128 cm³/mol. The summed E-state index contributed by atoms with van der Waals surface area (Å²) in [7, 11) is 3.21. The van der Waals surface area contributed by atoms with E-state index >= 15 is 0 Å². The molecule has 0 aliphatic heterocycles. The lowest BCUT2D eigenvalue weighted by Crippen LogP contribution is -2.37. The third-order valence-corrected chi connectivity index (χ3v) is 6.78. The summed E-state index contributed by atoms with van der Waals surface area (Å²) in [4.78, 5) is 30.0. The Morgan fingerprint density at radius 2 is 1.71 bits per heavy atom. The summed E-state index contributed by atoms with van der Waals surface area (Å²) in [5.74, 6) is 0.747. The Morgan fingerprint density at radius 3 is 2.48 bits per heavy atom. The van der Waals surface area contributed by atoms with E-state index in [-0.39, 0.29) is 11.2 Å². The third-order valence-electron chi connectivity index (χ3n) is 5.73. The molecule has 0 radical (unpaired) electrons. The topological polar surface area (TPSA) is 61.8 Å². The average molecular weight is 437 g/mol. The Morgan fingerprint density at radius 1 is 0.935 bits per heavy atom. The van der Waals surface area contributed by atoms with E-state index in [1.54, 1.807) is 18.8 Å². The number of imidazole rings is 1. The minimum atomic E-state index is -0.348. The molecule has 162 valence electrons. The van der Waals surface area contributed by atoms with Gasteiger partial charge in [-0.1, -0.05) is 80.4 Å². The van der Waals surface area contributed by atoms with E-state index in [2.05, 4.69) is 37.3 Å². The number of hydrogen-bond donors (Lipinski definition) is 0. The SMILES string of the molecule is CCCCCCn1c(SCc2ccc3ccccc3c2)nc2c1c(=O)n(C)c(=O)n2C. The Kier molecular flexibility index (Phi) is 6.32. The maximum Gasteiger partial charge on any atom is 0.332 e. The Hall–Kier alpha value is -2.80. The molecule has 0 aliphatic carbocycles. The van der Waals surface area contributed by atoms with E-state index in [4.69, 9.17) is 4.98 Å². The van der Waals surface area contributed by atoms with E-state index in [9.17, 15) is 9.59 Å². The van der Waals surface area contributed by atoms with Gasteiger partial charge in [0, 0.05) is 26.4 Å². The predicted octanol–water partition coefficient (Wildman–Crippen LogP) is 4.46. The first kappa shape index (κ1) is 21.4. The molecule has 4 rings (SSSR count). The van der Waals surface area contributed by atoms with Gasteiger partial charge in [-0.25, -0.2) is 9.78 Å². The molecule has 0 aliphatic rings. The molecule has 0 saturated heterocycles. The largest absolute Gasteiger partial charge is 0.332 e. The molecule has 0 bridgehead atoms. The fraction of sp³-hybridized carbons (Fsp3) is 0.375. The summed E-state index contributed by atoms with van der Waals surface area (Å²) in [6.45, 7) is 2.91. The van der Waals surface area contributed by atoms with E-state index in [1.807, 2.05) is 16.7 Å². The highest BCUT2D eigenvalue weighted by atomic mass is 32.2. The maximum atomic E-state index is 12.9. The fourth-order valence-corrected chi connectivity index (χ4v) is 4.88. The Bertz CT molecular complexity index is 1350. The van der Waals surface area contributed by atoms with Crippen molar-refractivity contribution in [2.75, 3.05) is 0 Å². The lowest BCUT2D eigenvalue weighted by Gasteiger charge is -2.09. The van der Waals surface area contributed by atoms with Gasteiger partial charge in [-0.05, 0) is 22.8 Å². The van der Waals surface area contributed by atoms with Gasteiger partial charge in [0.1, 0.15) is 0 Å². The van der Waals surface area contributed by atoms with Crippen molar-refractivity contribution in [1.29, 1.82) is 0 Å². The van der Waals surface area contributed by atoms with Gasteiger partial charge >= 0.3 is 5.69 Å². The monoisotopic (exact) mass is 436 g/mol. The van der Waals surface area contributed by atoms with Gasteiger partial charge in [0.2, 0.25) is 0 Å². The lowest BCUT2D eigenvalue weighted by molar-refractivity contribution is 0.561. The minimum Gasteiger partial charge on any atom is -0.313 e. The van der Waals surface area contributed by atoms with Crippen molar-refractivity contribution in [2.45, 2.75) is 50.1 Å². The quantitative estimate of drug-likeness (QED) is 0.302. The first-order chi connectivity index (χ1) is 15.0. The van der Waals surface area contributed by atoms with Crippen molar-refractivity contribution in [3.05, 3.63) is 68.9 Å². The van der Waals surface area contributed by atoms with Gasteiger partial charge in [-0.3, -0.25) is 13.9 Å². The number of rotatable bonds is 8. The second-order valence-corrected chi connectivity index (χ2v) is 8.90. The van der Waals surface area contributed by atoms with Crippen molar-refractivity contribution in [3.63, 3.8) is 0 Å². The van der Waals surface area contributed by atoms with Crippen molar-refractivity contribution in [1.82, 2.24) is 18.7 Å². The van der Waals surface area contributed by atoms with Gasteiger partial charge < -0.3 is 4.57 Å². The van der Waals surface area contributed by atoms with Crippen LogP contribution in [0.1, 0.15) is 38.2 Å². The van der Waals surface area contributed by atoms with Gasteiger partial charge in [-0.15, -0.1) is 0 Å². The van der Waals surface area contributed by atoms with Crippen LogP contribution in [-0.2, 0) is 26.4 Å². The van der Waals surface area contributed by atoms with Crippen LogP contribution in [0.15, 0.2) is 57.2 Å². The molecule has 2 aromatic heterocycles. The number of fused-ring (bicyclic) bond motifs is 2. The molecular formula is C24H28N4O2S. The molecule has 31 heavy (non-hydrogen) atoms. The molecular weight excluding hydrogens is 408 g/mol. The summed E-state index contributed by atoms with van der Waals surface area (Å²) in [6, 6.07) is 14.8. The minimum absolute atomic E-state index is 0.279. The summed E-state index contributed by atoms with van der Waals surface area (Å²) in [5.41, 5.74) is 1.56. The average Bonchev–Trinajstić information content (AvgIpc) is 3.16. The van der Waals surface area contributed by atoms with E-state index in [0.29, 0.717) is 11.2 Å². The van der Waals surface area contributed by atoms with Crippen molar-refractivity contribution in [2.24, 2.45) is 14.1 Å². The van der Waals surface area contributed by atoms with E-state index in [1.165, 1.54) is 38.9 Å². The standard InChI is InChI=1S/C24H28N4O2S/c1-4-5-6-9-14-28-20-21(26(2)24(30)27(3)22(20)29)25-23(28)31-16-17-12-13-18-10-7-8-11-19(18)15-17/h7-8,10-13,15H,4-6,9,14,16H2,1-3H3. The second-order valence-electron chi connectivity index (χ2n) is 7.95. The van der Waals surface area contributed by atoms with Crippen molar-refractivity contribution in [3.8, 4) is 0 Å². The van der Waals surface area contributed by atoms with E-state index in [0.717, 1.165) is 36.7 Å².